The summed E-state index contributed by atoms with van der Waals surface area (Å²) in [6.07, 6.45) is 3.92. The lowest BCUT2D eigenvalue weighted by Gasteiger charge is -2.29. The van der Waals surface area contributed by atoms with Crippen LogP contribution in [0, 0.1) is 0 Å². The molecule has 4 nitrogen and oxygen atoms in total. The number of benzene rings is 1. The molecule has 17 heavy (non-hydrogen) atoms. The van der Waals surface area contributed by atoms with Gasteiger partial charge < -0.3 is 9.42 Å². The number of anilines is 1. The van der Waals surface area contributed by atoms with Crippen LogP contribution in [-0.2, 0) is 6.54 Å². The van der Waals surface area contributed by atoms with Crippen LogP contribution in [0.3, 0.4) is 0 Å². The minimum absolute atomic E-state index is 0.224. The first-order valence-electron chi connectivity index (χ1n) is 5.60. The van der Waals surface area contributed by atoms with Gasteiger partial charge in [-0.05, 0) is 12.1 Å². The third-order valence-corrected chi connectivity index (χ3v) is 3.01. The number of aromatic nitrogens is 1. The lowest BCUT2D eigenvalue weighted by molar-refractivity contribution is 0.0979. The van der Waals surface area contributed by atoms with Crippen LogP contribution in [0.4, 0.5) is 5.69 Å². The van der Waals surface area contributed by atoms with E-state index in [2.05, 4.69) is 10.1 Å². The molecule has 4 heteroatoms. The molecular weight excluding hydrogens is 216 g/mol. The molecule has 0 unspecified atom stereocenters. The van der Waals surface area contributed by atoms with E-state index < -0.39 is 0 Å². The van der Waals surface area contributed by atoms with Crippen LogP contribution in [0.25, 0.3) is 0 Å². The Labute approximate surface area is 98.8 Å². The second-order valence-electron chi connectivity index (χ2n) is 4.14. The normalized spacial score (nSPS) is 14.8. The molecule has 1 aliphatic rings. The molecule has 0 N–H and O–H groups in total. The van der Waals surface area contributed by atoms with Crippen LogP contribution < -0.4 is 4.90 Å². The van der Waals surface area contributed by atoms with Crippen LogP contribution in [0.1, 0.15) is 22.3 Å². The topological polar surface area (TPSA) is 46.3 Å². The van der Waals surface area contributed by atoms with E-state index in [-0.39, 0.29) is 5.78 Å². The van der Waals surface area contributed by atoms with Crippen LogP contribution in [0.2, 0.25) is 0 Å². The Morgan fingerprint density at radius 3 is 3.06 bits per heavy atom. The van der Waals surface area contributed by atoms with Gasteiger partial charge in [-0.15, -0.1) is 0 Å². The predicted octanol–water partition coefficient (Wildman–Crippen LogP) is 2.27. The van der Waals surface area contributed by atoms with E-state index in [1.807, 2.05) is 24.3 Å². The summed E-state index contributed by atoms with van der Waals surface area (Å²) < 4.78 is 4.82. The van der Waals surface area contributed by atoms with Crippen LogP contribution in [-0.4, -0.2) is 17.5 Å². The standard InChI is InChI=1S/C13H12N2O2/c16-13-5-6-15(8-10-7-14-17-9-10)12-4-2-1-3-11(12)13/h1-4,7,9H,5-6,8H2. The highest BCUT2D eigenvalue weighted by Gasteiger charge is 2.22. The first-order chi connectivity index (χ1) is 8.34. The van der Waals surface area contributed by atoms with Crippen molar-refractivity contribution in [1.82, 2.24) is 5.16 Å². The van der Waals surface area contributed by atoms with Gasteiger partial charge in [-0.2, -0.15) is 0 Å². The Kier molecular flexibility index (Phi) is 2.40. The zero-order chi connectivity index (χ0) is 11.7. The zero-order valence-corrected chi connectivity index (χ0v) is 9.30. The Bertz CT molecular complexity index is 534. The highest BCUT2D eigenvalue weighted by Crippen LogP contribution is 2.27. The van der Waals surface area contributed by atoms with Crippen molar-refractivity contribution >= 4 is 11.5 Å². The van der Waals surface area contributed by atoms with E-state index in [1.165, 1.54) is 0 Å². The fourth-order valence-corrected chi connectivity index (χ4v) is 2.17. The molecule has 3 rings (SSSR count). The van der Waals surface area contributed by atoms with Gasteiger partial charge in [0.2, 0.25) is 0 Å². The van der Waals surface area contributed by atoms with Gasteiger partial charge in [0.1, 0.15) is 6.26 Å². The van der Waals surface area contributed by atoms with Crippen molar-refractivity contribution in [2.45, 2.75) is 13.0 Å². The van der Waals surface area contributed by atoms with Crippen LogP contribution in [0.5, 0.6) is 0 Å². The van der Waals surface area contributed by atoms with Gasteiger partial charge in [0.05, 0.1) is 6.20 Å². The van der Waals surface area contributed by atoms with Crippen molar-refractivity contribution in [3.05, 3.63) is 47.9 Å². The summed E-state index contributed by atoms with van der Waals surface area (Å²) in [6, 6.07) is 7.73. The molecule has 2 aromatic rings. The molecule has 1 aliphatic heterocycles. The maximum absolute atomic E-state index is 11.8. The molecule has 0 bridgehead atoms. The first kappa shape index (κ1) is 10.1. The van der Waals surface area contributed by atoms with E-state index in [0.717, 1.165) is 29.9 Å². The Morgan fingerprint density at radius 2 is 2.24 bits per heavy atom. The second kappa shape index (κ2) is 4.05. The number of carbonyl (C=O) groups excluding carboxylic acids is 1. The largest absolute Gasteiger partial charge is 0.366 e. The predicted molar refractivity (Wildman–Crippen MR) is 62.9 cm³/mol. The van der Waals surface area contributed by atoms with E-state index in [4.69, 9.17) is 4.52 Å². The van der Waals surface area contributed by atoms with E-state index in [1.54, 1.807) is 12.5 Å². The minimum atomic E-state index is 0.224. The molecule has 0 saturated carbocycles. The number of carbonyl (C=O) groups is 1. The number of hydrogen-bond donors (Lipinski definition) is 0. The van der Waals surface area contributed by atoms with Gasteiger partial charge in [0, 0.05) is 36.3 Å². The van der Waals surface area contributed by atoms with Gasteiger partial charge in [0.25, 0.3) is 0 Å². The Balaban J connectivity index is 1.93. The fourth-order valence-electron chi connectivity index (χ4n) is 2.17. The quantitative estimate of drug-likeness (QED) is 0.791. The maximum Gasteiger partial charge on any atom is 0.166 e. The Morgan fingerprint density at radius 1 is 1.35 bits per heavy atom. The summed E-state index contributed by atoms with van der Waals surface area (Å²) in [6.45, 7) is 1.48. The smallest absolute Gasteiger partial charge is 0.166 e. The number of rotatable bonds is 2. The van der Waals surface area contributed by atoms with Crippen molar-refractivity contribution in [1.29, 1.82) is 0 Å². The minimum Gasteiger partial charge on any atom is -0.366 e. The van der Waals surface area contributed by atoms with Crippen molar-refractivity contribution in [2.24, 2.45) is 0 Å². The number of ketones is 1. The van der Waals surface area contributed by atoms with Crippen molar-refractivity contribution in [3.8, 4) is 0 Å². The summed E-state index contributed by atoms with van der Waals surface area (Å²) in [5.74, 6) is 0.224. The number of hydrogen-bond acceptors (Lipinski definition) is 4. The molecule has 86 valence electrons. The summed E-state index contributed by atoms with van der Waals surface area (Å²) in [5, 5.41) is 3.69. The third kappa shape index (κ3) is 1.82. The van der Waals surface area contributed by atoms with Gasteiger partial charge in [-0.1, -0.05) is 17.3 Å². The lowest BCUT2D eigenvalue weighted by Crippen LogP contribution is -2.31. The first-order valence-corrected chi connectivity index (χ1v) is 5.60. The monoisotopic (exact) mass is 228 g/mol. The summed E-state index contributed by atoms with van der Waals surface area (Å²) >= 11 is 0. The van der Waals surface area contributed by atoms with Gasteiger partial charge in [-0.3, -0.25) is 4.79 Å². The average molecular weight is 228 g/mol. The SMILES string of the molecule is O=C1CCN(Cc2cnoc2)c2ccccc21. The molecular formula is C13H12N2O2. The second-order valence-corrected chi connectivity index (χ2v) is 4.14. The maximum atomic E-state index is 11.8. The van der Waals surface area contributed by atoms with Crippen molar-refractivity contribution in [3.63, 3.8) is 0 Å². The molecule has 2 heterocycles. The van der Waals surface area contributed by atoms with Gasteiger partial charge >= 0.3 is 0 Å². The van der Waals surface area contributed by atoms with Crippen molar-refractivity contribution < 1.29 is 9.32 Å². The molecule has 1 aromatic heterocycles. The highest BCUT2D eigenvalue weighted by atomic mass is 16.5. The van der Waals surface area contributed by atoms with Gasteiger partial charge in [0.15, 0.2) is 5.78 Å². The molecule has 0 radical (unpaired) electrons. The van der Waals surface area contributed by atoms with E-state index in [0.29, 0.717) is 6.42 Å². The van der Waals surface area contributed by atoms with E-state index >= 15 is 0 Å². The molecule has 0 amide bonds. The molecule has 0 spiro atoms. The molecule has 1 aromatic carbocycles. The zero-order valence-electron chi connectivity index (χ0n) is 9.30. The number of nitrogens with zero attached hydrogens (tertiary/aromatic N) is 2. The average Bonchev–Trinajstić information content (AvgIpc) is 2.86. The molecule has 0 aliphatic carbocycles. The van der Waals surface area contributed by atoms with Crippen LogP contribution in [0.15, 0.2) is 41.2 Å². The molecule has 0 fully saturated rings. The fraction of sp³-hybridized carbons (Fsp3) is 0.231. The summed E-state index contributed by atoms with van der Waals surface area (Å²) in [7, 11) is 0. The Hall–Kier alpha value is -2.10. The molecule has 0 atom stereocenters. The number of fused-ring (bicyclic) bond motifs is 1. The van der Waals surface area contributed by atoms with Gasteiger partial charge in [-0.25, -0.2) is 0 Å². The summed E-state index contributed by atoms with van der Waals surface area (Å²) in [4.78, 5) is 14.0. The lowest BCUT2D eigenvalue weighted by atomic mass is 10.0. The van der Waals surface area contributed by atoms with Crippen LogP contribution >= 0.6 is 0 Å². The van der Waals surface area contributed by atoms with E-state index in [9.17, 15) is 4.79 Å². The summed E-state index contributed by atoms with van der Waals surface area (Å²) in [5.41, 5.74) is 2.84. The highest BCUT2D eigenvalue weighted by molar-refractivity contribution is 6.03. The number of Topliss-reactive ketones (excluding diaryl/α,β-unsaturated/α-hetero) is 1. The third-order valence-electron chi connectivity index (χ3n) is 3.01. The number of para-hydroxylation sites is 1. The molecule has 0 saturated heterocycles. The van der Waals surface area contributed by atoms with Crippen molar-refractivity contribution in [2.75, 3.05) is 11.4 Å².